The van der Waals surface area contributed by atoms with Gasteiger partial charge < -0.3 is 9.72 Å². The fraction of sp³-hybridized carbons (Fsp3) is 0.310. The van der Waals surface area contributed by atoms with Gasteiger partial charge in [-0.1, -0.05) is 12.5 Å². The Labute approximate surface area is 219 Å². The molecule has 7 rings (SSSR count). The van der Waals surface area contributed by atoms with E-state index in [1.165, 1.54) is 19.3 Å². The van der Waals surface area contributed by atoms with E-state index in [0.717, 1.165) is 58.6 Å². The molecule has 0 amide bonds. The summed E-state index contributed by atoms with van der Waals surface area (Å²) < 4.78 is 6.24. The van der Waals surface area contributed by atoms with Crippen LogP contribution in [0.1, 0.15) is 56.7 Å². The van der Waals surface area contributed by atoms with Crippen molar-refractivity contribution in [1.82, 2.24) is 35.1 Å². The number of hydrogen-bond donors (Lipinski definition) is 2. The number of imidazole rings is 1. The van der Waals surface area contributed by atoms with E-state index in [2.05, 4.69) is 43.1 Å². The molecule has 9 heteroatoms. The minimum Gasteiger partial charge on any atom is -0.489 e. The molecule has 5 aromatic rings. The fourth-order valence-corrected chi connectivity index (χ4v) is 5.55. The van der Waals surface area contributed by atoms with E-state index in [1.54, 1.807) is 12.4 Å². The minimum absolute atomic E-state index is 0.265. The highest BCUT2D eigenvalue weighted by Crippen LogP contribution is 2.42. The number of H-pyrrole nitrogens is 2. The third kappa shape index (κ3) is 3.95. The predicted molar refractivity (Wildman–Crippen MR) is 146 cm³/mol. The number of aromatic nitrogens is 7. The molecular weight excluding hydrogens is 476 g/mol. The van der Waals surface area contributed by atoms with Gasteiger partial charge in [0.05, 0.1) is 29.2 Å². The summed E-state index contributed by atoms with van der Waals surface area (Å²) in [6.07, 6.45) is 16.2. The first-order valence-electron chi connectivity index (χ1n) is 13.2. The molecule has 190 valence electrons. The highest BCUT2D eigenvalue weighted by molar-refractivity contribution is 5.90. The lowest BCUT2D eigenvalue weighted by Crippen LogP contribution is -2.27. The van der Waals surface area contributed by atoms with Crippen molar-refractivity contribution in [3.63, 3.8) is 0 Å². The van der Waals surface area contributed by atoms with Crippen LogP contribution >= 0.6 is 0 Å². The van der Waals surface area contributed by atoms with Gasteiger partial charge in [-0.3, -0.25) is 15.1 Å². The average molecular weight is 505 g/mol. The summed E-state index contributed by atoms with van der Waals surface area (Å²) >= 11 is 0. The number of hydrogen-bond acceptors (Lipinski definition) is 7. The average Bonchev–Trinajstić information content (AvgIpc) is 3.59. The number of fused-ring (bicyclic) bond motifs is 2. The molecule has 1 aliphatic heterocycles. The highest BCUT2D eigenvalue weighted by Gasteiger charge is 2.36. The highest BCUT2D eigenvalue weighted by atomic mass is 16.5. The van der Waals surface area contributed by atoms with Gasteiger partial charge in [-0.05, 0) is 68.9 Å². The van der Waals surface area contributed by atoms with E-state index < -0.39 is 0 Å². The topological polar surface area (TPSA) is 118 Å². The van der Waals surface area contributed by atoms with E-state index in [0.29, 0.717) is 17.3 Å². The van der Waals surface area contributed by atoms with Crippen molar-refractivity contribution < 1.29 is 4.74 Å². The van der Waals surface area contributed by atoms with E-state index in [9.17, 15) is 0 Å². The van der Waals surface area contributed by atoms with E-state index in [1.807, 2.05) is 42.9 Å². The lowest BCUT2D eigenvalue weighted by Gasteiger charge is -2.29. The van der Waals surface area contributed by atoms with E-state index in [-0.39, 0.29) is 11.5 Å². The summed E-state index contributed by atoms with van der Waals surface area (Å²) in [6, 6.07) is 10.0. The van der Waals surface area contributed by atoms with Crippen molar-refractivity contribution in [2.75, 3.05) is 0 Å². The maximum Gasteiger partial charge on any atom is 0.174 e. The monoisotopic (exact) mass is 504 g/mol. The molecule has 0 radical (unpaired) electrons. The van der Waals surface area contributed by atoms with Gasteiger partial charge in [0.2, 0.25) is 0 Å². The molecular formula is C29H28N8O. The predicted octanol–water partition coefficient (Wildman–Crippen LogP) is 5.93. The molecule has 2 aliphatic rings. The van der Waals surface area contributed by atoms with Crippen LogP contribution in [0.2, 0.25) is 0 Å². The Hall–Kier alpha value is -4.40. The van der Waals surface area contributed by atoms with E-state index in [4.69, 9.17) is 14.7 Å². The van der Waals surface area contributed by atoms with Crippen molar-refractivity contribution in [3.8, 4) is 28.5 Å². The largest absolute Gasteiger partial charge is 0.489 e. The zero-order valence-corrected chi connectivity index (χ0v) is 21.2. The second-order valence-electron chi connectivity index (χ2n) is 10.3. The third-order valence-corrected chi connectivity index (χ3v) is 7.74. The Bertz CT molecular complexity index is 1630. The van der Waals surface area contributed by atoms with Crippen LogP contribution in [0.25, 0.3) is 33.8 Å². The van der Waals surface area contributed by atoms with Crippen LogP contribution in [0.4, 0.5) is 5.82 Å². The van der Waals surface area contributed by atoms with Crippen molar-refractivity contribution in [3.05, 3.63) is 66.4 Å². The molecule has 1 unspecified atom stereocenters. The van der Waals surface area contributed by atoms with Gasteiger partial charge in [-0.25, -0.2) is 15.0 Å². The summed E-state index contributed by atoms with van der Waals surface area (Å²) in [4.78, 5) is 26.7. The maximum atomic E-state index is 6.24. The van der Waals surface area contributed by atoms with Crippen molar-refractivity contribution in [1.29, 1.82) is 0 Å². The van der Waals surface area contributed by atoms with Crippen LogP contribution in [-0.4, -0.2) is 47.4 Å². The number of aromatic amines is 2. The van der Waals surface area contributed by atoms with Gasteiger partial charge in [0, 0.05) is 35.8 Å². The lowest BCUT2D eigenvalue weighted by atomic mass is 9.76. The molecule has 38 heavy (non-hydrogen) atoms. The second kappa shape index (κ2) is 9.16. The zero-order chi connectivity index (χ0) is 25.5. The normalized spacial score (nSPS) is 19.5. The molecule has 1 aliphatic carbocycles. The van der Waals surface area contributed by atoms with Gasteiger partial charge in [-0.15, -0.1) is 0 Å². The quantitative estimate of drug-likeness (QED) is 0.306. The van der Waals surface area contributed by atoms with E-state index >= 15 is 0 Å². The van der Waals surface area contributed by atoms with Crippen LogP contribution in [0.3, 0.4) is 0 Å². The Morgan fingerprint density at radius 1 is 1.00 bits per heavy atom. The van der Waals surface area contributed by atoms with Crippen molar-refractivity contribution >= 4 is 23.1 Å². The number of aliphatic imine (C=N–C) groups is 1. The van der Waals surface area contributed by atoms with Gasteiger partial charge >= 0.3 is 0 Å². The molecule has 1 saturated carbocycles. The lowest BCUT2D eigenvalue weighted by molar-refractivity contribution is 0.154. The first-order valence-corrected chi connectivity index (χ1v) is 13.2. The van der Waals surface area contributed by atoms with Gasteiger partial charge in [0.15, 0.2) is 17.3 Å². The molecule has 0 aromatic carbocycles. The van der Waals surface area contributed by atoms with Crippen molar-refractivity contribution in [2.24, 2.45) is 4.99 Å². The fourth-order valence-electron chi connectivity index (χ4n) is 5.55. The van der Waals surface area contributed by atoms with Crippen LogP contribution in [0, 0.1) is 0 Å². The van der Waals surface area contributed by atoms with Crippen molar-refractivity contribution in [2.45, 2.75) is 57.0 Å². The summed E-state index contributed by atoms with van der Waals surface area (Å²) in [5, 5.41) is 7.68. The van der Waals surface area contributed by atoms with Crippen LogP contribution in [0.15, 0.2) is 60.1 Å². The number of nitrogens with one attached hydrogen (secondary N) is 2. The first kappa shape index (κ1) is 22.8. The number of pyridine rings is 3. The molecule has 1 atom stereocenters. The maximum absolute atomic E-state index is 6.24. The summed E-state index contributed by atoms with van der Waals surface area (Å²) in [5.74, 6) is 2.09. The summed E-state index contributed by atoms with van der Waals surface area (Å²) in [6.45, 7) is 2.18. The Balaban J connectivity index is 1.24. The molecule has 0 bridgehead atoms. The number of ether oxygens (including phenoxy) is 1. The summed E-state index contributed by atoms with van der Waals surface area (Å²) in [7, 11) is 0. The van der Waals surface area contributed by atoms with Gasteiger partial charge in [-0.2, -0.15) is 5.10 Å². The standard InChI is InChI=1S/C29H28N8O/c1-29(19-6-5-12-30-16-19)11-13-32-28-26(29)34-27(35-28)25-24-23(36-37-25)10-9-22(33-24)18-14-21(17-31-15-18)38-20-7-3-2-4-8-20/h5-6,9-10,12-17,20H,2-4,7-8,11H2,1H3,(H,34,35)(H,36,37). The van der Waals surface area contributed by atoms with Crippen LogP contribution in [-0.2, 0) is 5.41 Å². The van der Waals surface area contributed by atoms with Crippen LogP contribution in [0.5, 0.6) is 5.75 Å². The van der Waals surface area contributed by atoms with Crippen LogP contribution < -0.4 is 4.74 Å². The Morgan fingerprint density at radius 2 is 1.92 bits per heavy atom. The molecule has 2 N–H and O–H groups in total. The smallest absolute Gasteiger partial charge is 0.174 e. The molecule has 5 aromatic heterocycles. The molecule has 1 fully saturated rings. The Kier molecular flexibility index (Phi) is 5.49. The molecule has 0 spiro atoms. The van der Waals surface area contributed by atoms with Gasteiger partial charge in [0.25, 0.3) is 0 Å². The number of rotatable bonds is 5. The summed E-state index contributed by atoms with van der Waals surface area (Å²) in [5.41, 5.74) is 5.67. The molecule has 0 saturated heterocycles. The number of nitrogens with zero attached hydrogens (tertiary/aromatic N) is 6. The van der Waals surface area contributed by atoms with Gasteiger partial charge in [0.1, 0.15) is 11.3 Å². The first-order chi connectivity index (χ1) is 18.7. The Morgan fingerprint density at radius 3 is 2.79 bits per heavy atom. The molecule has 9 nitrogen and oxygen atoms in total. The minimum atomic E-state index is -0.314. The zero-order valence-electron chi connectivity index (χ0n) is 21.2. The third-order valence-electron chi connectivity index (χ3n) is 7.74. The second-order valence-corrected chi connectivity index (χ2v) is 10.3. The SMILES string of the molecule is CC1(c2cccnc2)CC=Nc2nc(-c3n[nH]c4ccc(-c5cncc(OC6CCCCC6)c5)nc34)[nH]c21. The molecule has 6 heterocycles.